The predicted molar refractivity (Wildman–Crippen MR) is 118 cm³/mol. The van der Waals surface area contributed by atoms with Crippen LogP contribution in [0, 0.1) is 6.92 Å². The number of piperidine rings is 1. The summed E-state index contributed by atoms with van der Waals surface area (Å²) in [4.78, 5) is 24.3. The van der Waals surface area contributed by atoms with Crippen molar-refractivity contribution in [3.8, 4) is 0 Å². The molecule has 4 heterocycles. The standard InChI is InChI=1S/C23H32N6O2/c1-16-25-21-7-4-6-19(21)23(26-16)24-14-18-5-2-3-9-28(18)10-11-29-22(30)13-17-15-31-12-8-20(17)27-29/h13,18H,2-12,14-15H2,1H3,(H,24,25,26). The molecule has 8 nitrogen and oxygen atoms in total. The van der Waals surface area contributed by atoms with Crippen LogP contribution in [0.2, 0.25) is 0 Å². The van der Waals surface area contributed by atoms with Gasteiger partial charge in [-0.1, -0.05) is 6.42 Å². The minimum absolute atomic E-state index is 0.0250. The van der Waals surface area contributed by atoms with Gasteiger partial charge in [0.2, 0.25) is 0 Å². The summed E-state index contributed by atoms with van der Waals surface area (Å²) < 4.78 is 7.09. The maximum absolute atomic E-state index is 12.5. The molecule has 0 spiro atoms. The second kappa shape index (κ2) is 9.04. The Morgan fingerprint density at radius 3 is 3.00 bits per heavy atom. The molecule has 2 aromatic rings. The molecule has 166 valence electrons. The van der Waals surface area contributed by atoms with Gasteiger partial charge in [-0.2, -0.15) is 5.10 Å². The van der Waals surface area contributed by atoms with E-state index in [0.717, 1.165) is 61.8 Å². The van der Waals surface area contributed by atoms with Crippen molar-refractivity contribution < 1.29 is 4.74 Å². The highest BCUT2D eigenvalue weighted by molar-refractivity contribution is 5.48. The molecule has 2 aliphatic heterocycles. The zero-order chi connectivity index (χ0) is 21.2. The number of rotatable bonds is 6. The van der Waals surface area contributed by atoms with Crippen molar-refractivity contribution in [2.75, 3.05) is 31.6 Å². The lowest BCUT2D eigenvalue weighted by Crippen LogP contribution is -2.46. The molecule has 0 aromatic carbocycles. The molecular formula is C23H32N6O2. The highest BCUT2D eigenvalue weighted by Gasteiger charge is 2.24. The Bertz CT molecular complexity index is 1000. The molecule has 1 N–H and O–H groups in total. The van der Waals surface area contributed by atoms with Crippen molar-refractivity contribution >= 4 is 5.82 Å². The number of hydrogen-bond donors (Lipinski definition) is 1. The molecule has 1 unspecified atom stereocenters. The van der Waals surface area contributed by atoms with Crippen LogP contribution in [-0.4, -0.2) is 56.9 Å². The maximum Gasteiger partial charge on any atom is 0.267 e. The maximum atomic E-state index is 12.5. The van der Waals surface area contributed by atoms with Gasteiger partial charge in [0.25, 0.3) is 5.56 Å². The van der Waals surface area contributed by atoms with Crippen LogP contribution < -0.4 is 10.9 Å². The molecule has 3 aliphatic rings. The fraction of sp³-hybridized carbons (Fsp3) is 0.652. The van der Waals surface area contributed by atoms with E-state index in [1.807, 2.05) is 6.92 Å². The first-order valence-corrected chi connectivity index (χ1v) is 11.7. The Morgan fingerprint density at radius 2 is 2.06 bits per heavy atom. The van der Waals surface area contributed by atoms with Gasteiger partial charge in [-0.05, 0) is 45.6 Å². The first-order chi connectivity index (χ1) is 15.2. The van der Waals surface area contributed by atoms with E-state index in [4.69, 9.17) is 9.72 Å². The average molecular weight is 425 g/mol. The number of nitrogens with one attached hydrogen (secondary N) is 1. The second-order valence-corrected chi connectivity index (χ2v) is 8.94. The summed E-state index contributed by atoms with van der Waals surface area (Å²) in [5.74, 6) is 1.88. The Hall–Kier alpha value is -2.32. The Kier molecular flexibility index (Phi) is 6.00. The number of anilines is 1. The molecular weight excluding hydrogens is 392 g/mol. The first kappa shape index (κ1) is 20.6. The zero-order valence-electron chi connectivity index (χ0n) is 18.4. The number of nitrogens with zero attached hydrogens (tertiary/aromatic N) is 5. The number of aromatic nitrogens is 4. The summed E-state index contributed by atoms with van der Waals surface area (Å²) in [7, 11) is 0. The number of fused-ring (bicyclic) bond motifs is 2. The summed E-state index contributed by atoms with van der Waals surface area (Å²) in [6.45, 7) is 6.59. The Balaban J connectivity index is 1.24. The second-order valence-electron chi connectivity index (χ2n) is 8.94. The molecule has 2 aromatic heterocycles. The third-order valence-electron chi connectivity index (χ3n) is 6.80. The third kappa shape index (κ3) is 4.50. The van der Waals surface area contributed by atoms with Crippen LogP contribution in [-0.2, 0) is 37.2 Å². The van der Waals surface area contributed by atoms with Crippen molar-refractivity contribution in [2.24, 2.45) is 0 Å². The monoisotopic (exact) mass is 424 g/mol. The quantitative estimate of drug-likeness (QED) is 0.758. The minimum Gasteiger partial charge on any atom is -0.376 e. The number of aryl methyl sites for hydroxylation is 2. The first-order valence-electron chi connectivity index (χ1n) is 11.7. The molecule has 0 saturated carbocycles. The van der Waals surface area contributed by atoms with Gasteiger partial charge in [0.05, 0.1) is 25.5 Å². The molecule has 31 heavy (non-hydrogen) atoms. The fourth-order valence-electron chi connectivity index (χ4n) is 5.14. The van der Waals surface area contributed by atoms with Crippen molar-refractivity contribution in [3.05, 3.63) is 44.8 Å². The third-order valence-corrected chi connectivity index (χ3v) is 6.80. The topological polar surface area (TPSA) is 85.2 Å². The summed E-state index contributed by atoms with van der Waals surface area (Å²) in [5.41, 5.74) is 4.46. The van der Waals surface area contributed by atoms with Crippen LogP contribution in [0.1, 0.15) is 54.0 Å². The van der Waals surface area contributed by atoms with Gasteiger partial charge in [0.1, 0.15) is 11.6 Å². The van der Waals surface area contributed by atoms with Crippen LogP contribution in [0.25, 0.3) is 0 Å². The van der Waals surface area contributed by atoms with Crippen molar-refractivity contribution in [1.29, 1.82) is 0 Å². The molecule has 0 radical (unpaired) electrons. The molecule has 5 rings (SSSR count). The minimum atomic E-state index is -0.0250. The highest BCUT2D eigenvalue weighted by Crippen LogP contribution is 2.27. The van der Waals surface area contributed by atoms with E-state index in [1.165, 1.54) is 36.9 Å². The average Bonchev–Trinajstić information content (AvgIpc) is 3.25. The van der Waals surface area contributed by atoms with Crippen LogP contribution in [0.3, 0.4) is 0 Å². The molecule has 8 heteroatoms. The van der Waals surface area contributed by atoms with Crippen LogP contribution in [0.5, 0.6) is 0 Å². The highest BCUT2D eigenvalue weighted by atomic mass is 16.5. The normalized spacial score (nSPS) is 21.0. The van der Waals surface area contributed by atoms with E-state index in [1.54, 1.807) is 10.7 Å². The summed E-state index contributed by atoms with van der Waals surface area (Å²) >= 11 is 0. The lowest BCUT2D eigenvalue weighted by molar-refractivity contribution is 0.107. The van der Waals surface area contributed by atoms with Gasteiger partial charge in [-0.15, -0.1) is 0 Å². The van der Waals surface area contributed by atoms with Gasteiger partial charge in [-0.3, -0.25) is 9.69 Å². The molecule has 1 aliphatic carbocycles. The summed E-state index contributed by atoms with van der Waals surface area (Å²) in [5, 5.41) is 8.27. The van der Waals surface area contributed by atoms with Gasteiger partial charge >= 0.3 is 0 Å². The predicted octanol–water partition coefficient (Wildman–Crippen LogP) is 1.87. The Morgan fingerprint density at radius 1 is 1.13 bits per heavy atom. The lowest BCUT2D eigenvalue weighted by atomic mass is 10.0. The van der Waals surface area contributed by atoms with E-state index in [-0.39, 0.29) is 5.56 Å². The SMILES string of the molecule is Cc1nc2c(c(NCC3CCCCN3CCn3nc4c(cc3=O)COCC4)n1)CCC2. The number of hydrogen-bond acceptors (Lipinski definition) is 7. The molecule has 1 atom stereocenters. The van der Waals surface area contributed by atoms with E-state index in [0.29, 0.717) is 25.8 Å². The molecule has 0 amide bonds. The molecule has 0 bridgehead atoms. The van der Waals surface area contributed by atoms with Gasteiger partial charge in [-0.25, -0.2) is 14.6 Å². The van der Waals surface area contributed by atoms with Crippen molar-refractivity contribution in [2.45, 2.75) is 71.1 Å². The van der Waals surface area contributed by atoms with E-state index < -0.39 is 0 Å². The summed E-state index contributed by atoms with van der Waals surface area (Å²) in [6.07, 6.45) is 7.73. The molecule has 1 fully saturated rings. The van der Waals surface area contributed by atoms with E-state index >= 15 is 0 Å². The Labute approximate surface area is 183 Å². The molecule has 1 saturated heterocycles. The van der Waals surface area contributed by atoms with Crippen LogP contribution >= 0.6 is 0 Å². The van der Waals surface area contributed by atoms with Gasteiger partial charge in [0, 0.05) is 48.4 Å². The van der Waals surface area contributed by atoms with Crippen molar-refractivity contribution in [1.82, 2.24) is 24.6 Å². The summed E-state index contributed by atoms with van der Waals surface area (Å²) in [6, 6.07) is 2.15. The van der Waals surface area contributed by atoms with Gasteiger partial charge in [0.15, 0.2) is 0 Å². The smallest absolute Gasteiger partial charge is 0.267 e. The fourth-order valence-corrected chi connectivity index (χ4v) is 5.14. The van der Waals surface area contributed by atoms with E-state index in [2.05, 4.69) is 20.3 Å². The van der Waals surface area contributed by atoms with Crippen molar-refractivity contribution in [3.63, 3.8) is 0 Å². The number of likely N-dealkylation sites (tertiary alicyclic amines) is 1. The van der Waals surface area contributed by atoms with Gasteiger partial charge < -0.3 is 10.1 Å². The number of ether oxygens (including phenoxy) is 1. The lowest BCUT2D eigenvalue weighted by Gasteiger charge is -2.36. The van der Waals surface area contributed by atoms with Crippen LogP contribution in [0.4, 0.5) is 5.82 Å². The zero-order valence-corrected chi connectivity index (χ0v) is 18.4. The van der Waals surface area contributed by atoms with E-state index in [9.17, 15) is 4.79 Å². The largest absolute Gasteiger partial charge is 0.376 e. The van der Waals surface area contributed by atoms with Crippen LogP contribution in [0.15, 0.2) is 10.9 Å².